The zero-order valence-electron chi connectivity index (χ0n) is 15.4. The van der Waals surface area contributed by atoms with Crippen molar-refractivity contribution in [1.82, 2.24) is 9.88 Å². The summed E-state index contributed by atoms with van der Waals surface area (Å²) in [6.07, 6.45) is 1.64. The van der Waals surface area contributed by atoms with Gasteiger partial charge in [-0.05, 0) is 35.0 Å². The van der Waals surface area contributed by atoms with Crippen LogP contribution in [0, 0.1) is 11.3 Å². The van der Waals surface area contributed by atoms with Crippen molar-refractivity contribution in [2.45, 2.75) is 0 Å². The summed E-state index contributed by atoms with van der Waals surface area (Å²) in [5.74, 6) is 1.45. The van der Waals surface area contributed by atoms with E-state index in [1.807, 2.05) is 47.4 Å². The number of hydrogen-bond acceptors (Lipinski definition) is 5. The number of nitrogens with zero attached hydrogens (tertiary/aromatic N) is 4. The Morgan fingerprint density at radius 1 is 1.04 bits per heavy atom. The summed E-state index contributed by atoms with van der Waals surface area (Å²) in [4.78, 5) is 20.7. The van der Waals surface area contributed by atoms with E-state index in [1.54, 1.807) is 18.3 Å². The van der Waals surface area contributed by atoms with Crippen LogP contribution >= 0.6 is 0 Å². The number of aromatic nitrogens is 1. The third-order valence-corrected chi connectivity index (χ3v) is 4.91. The number of rotatable bonds is 4. The van der Waals surface area contributed by atoms with E-state index in [0.717, 1.165) is 16.6 Å². The smallest absolute Gasteiger partial charge is 0.260 e. The van der Waals surface area contributed by atoms with E-state index in [-0.39, 0.29) is 12.5 Å². The molecule has 1 saturated heterocycles. The molecule has 3 aromatic rings. The van der Waals surface area contributed by atoms with Crippen LogP contribution in [0.1, 0.15) is 5.56 Å². The Morgan fingerprint density at radius 3 is 2.61 bits per heavy atom. The number of pyridine rings is 1. The number of ether oxygens (including phenoxy) is 1. The predicted octanol–water partition coefficient (Wildman–Crippen LogP) is 2.83. The topological polar surface area (TPSA) is 69.5 Å². The molecule has 1 aromatic heterocycles. The predicted molar refractivity (Wildman–Crippen MR) is 107 cm³/mol. The monoisotopic (exact) mass is 372 g/mol. The Kier molecular flexibility index (Phi) is 5.07. The first-order chi connectivity index (χ1) is 13.7. The van der Waals surface area contributed by atoms with Gasteiger partial charge in [0.2, 0.25) is 0 Å². The molecule has 0 N–H and O–H groups in total. The minimum atomic E-state index is -0.0217. The van der Waals surface area contributed by atoms with Gasteiger partial charge in [-0.3, -0.25) is 4.79 Å². The largest absolute Gasteiger partial charge is 0.484 e. The fourth-order valence-corrected chi connectivity index (χ4v) is 3.34. The maximum Gasteiger partial charge on any atom is 0.260 e. The number of fused-ring (bicyclic) bond motifs is 1. The Balaban J connectivity index is 1.31. The molecule has 1 fully saturated rings. The molecule has 0 bridgehead atoms. The maximum absolute atomic E-state index is 12.5. The van der Waals surface area contributed by atoms with Crippen LogP contribution in [0.2, 0.25) is 0 Å². The second-order valence-corrected chi connectivity index (χ2v) is 6.68. The van der Waals surface area contributed by atoms with Crippen molar-refractivity contribution < 1.29 is 9.53 Å². The quantitative estimate of drug-likeness (QED) is 0.704. The van der Waals surface area contributed by atoms with Gasteiger partial charge < -0.3 is 14.5 Å². The highest BCUT2D eigenvalue weighted by Crippen LogP contribution is 2.21. The highest BCUT2D eigenvalue weighted by atomic mass is 16.5. The van der Waals surface area contributed by atoms with Gasteiger partial charge in [0, 0.05) is 32.4 Å². The molecule has 1 amide bonds. The van der Waals surface area contributed by atoms with Gasteiger partial charge in [0.15, 0.2) is 6.61 Å². The number of amides is 1. The van der Waals surface area contributed by atoms with Gasteiger partial charge in [0.1, 0.15) is 11.6 Å². The standard InChI is InChI=1S/C22H20N4O2/c23-15-17-7-8-24-21(13-17)25-9-11-26(12-10-25)22(27)16-28-20-6-5-18-3-1-2-4-19(18)14-20/h1-8,13-14H,9-12,16H2. The van der Waals surface area contributed by atoms with E-state index in [1.165, 1.54) is 0 Å². The normalized spacial score (nSPS) is 14.0. The van der Waals surface area contributed by atoms with E-state index in [0.29, 0.717) is 37.5 Å². The van der Waals surface area contributed by atoms with E-state index in [2.05, 4.69) is 16.0 Å². The molecule has 2 aromatic carbocycles. The van der Waals surface area contributed by atoms with Crippen molar-refractivity contribution in [2.75, 3.05) is 37.7 Å². The molecule has 0 radical (unpaired) electrons. The number of anilines is 1. The molecule has 0 aliphatic carbocycles. The SMILES string of the molecule is N#Cc1ccnc(N2CCN(C(=O)COc3ccc4ccccc4c3)CC2)c1. The van der Waals surface area contributed by atoms with Gasteiger partial charge in [0.25, 0.3) is 5.91 Å². The molecule has 140 valence electrons. The Bertz CT molecular complexity index is 1040. The van der Waals surface area contributed by atoms with Crippen molar-refractivity contribution in [3.63, 3.8) is 0 Å². The molecular formula is C22H20N4O2. The van der Waals surface area contributed by atoms with Gasteiger partial charge in [-0.1, -0.05) is 30.3 Å². The van der Waals surface area contributed by atoms with Crippen LogP contribution in [0.15, 0.2) is 60.8 Å². The summed E-state index contributed by atoms with van der Waals surface area (Å²) in [6.45, 7) is 2.62. The van der Waals surface area contributed by atoms with Crippen LogP contribution in [0.4, 0.5) is 5.82 Å². The minimum Gasteiger partial charge on any atom is -0.484 e. The lowest BCUT2D eigenvalue weighted by Gasteiger charge is -2.35. The Hall–Kier alpha value is -3.59. The van der Waals surface area contributed by atoms with Crippen LogP contribution in [-0.2, 0) is 4.79 Å². The zero-order valence-corrected chi connectivity index (χ0v) is 15.4. The second kappa shape index (κ2) is 7.97. The molecule has 6 heteroatoms. The van der Waals surface area contributed by atoms with Gasteiger partial charge in [-0.15, -0.1) is 0 Å². The van der Waals surface area contributed by atoms with Crippen LogP contribution in [0.3, 0.4) is 0 Å². The lowest BCUT2D eigenvalue weighted by atomic mass is 10.1. The number of benzene rings is 2. The lowest BCUT2D eigenvalue weighted by Crippen LogP contribution is -2.50. The molecule has 2 heterocycles. The van der Waals surface area contributed by atoms with Crippen molar-refractivity contribution in [1.29, 1.82) is 5.26 Å². The molecule has 0 saturated carbocycles. The van der Waals surface area contributed by atoms with Crippen LogP contribution in [-0.4, -0.2) is 48.6 Å². The molecule has 1 aliphatic rings. The highest BCUT2D eigenvalue weighted by molar-refractivity contribution is 5.84. The third kappa shape index (κ3) is 3.89. The molecular weight excluding hydrogens is 352 g/mol. The summed E-state index contributed by atoms with van der Waals surface area (Å²) in [7, 11) is 0. The number of hydrogen-bond donors (Lipinski definition) is 0. The average Bonchev–Trinajstić information content (AvgIpc) is 2.77. The summed E-state index contributed by atoms with van der Waals surface area (Å²) in [6, 6.07) is 19.5. The first-order valence-electron chi connectivity index (χ1n) is 9.23. The number of piperazine rings is 1. The number of nitriles is 1. The molecule has 4 rings (SSSR count). The number of carbonyl (C=O) groups is 1. The summed E-state index contributed by atoms with van der Waals surface area (Å²) < 4.78 is 5.72. The lowest BCUT2D eigenvalue weighted by molar-refractivity contribution is -0.133. The van der Waals surface area contributed by atoms with Crippen LogP contribution in [0.25, 0.3) is 10.8 Å². The Labute approximate surface area is 163 Å². The van der Waals surface area contributed by atoms with Gasteiger partial charge >= 0.3 is 0 Å². The van der Waals surface area contributed by atoms with Crippen LogP contribution in [0.5, 0.6) is 5.75 Å². The van der Waals surface area contributed by atoms with E-state index >= 15 is 0 Å². The number of carbonyl (C=O) groups excluding carboxylic acids is 1. The van der Waals surface area contributed by atoms with Crippen molar-refractivity contribution in [3.05, 3.63) is 66.4 Å². The minimum absolute atomic E-state index is 0.0217. The fourth-order valence-electron chi connectivity index (χ4n) is 3.34. The molecule has 1 aliphatic heterocycles. The highest BCUT2D eigenvalue weighted by Gasteiger charge is 2.22. The average molecular weight is 372 g/mol. The maximum atomic E-state index is 12.5. The van der Waals surface area contributed by atoms with E-state index in [9.17, 15) is 4.79 Å². The summed E-state index contributed by atoms with van der Waals surface area (Å²) in [5.41, 5.74) is 0.590. The zero-order chi connectivity index (χ0) is 19.3. The molecule has 28 heavy (non-hydrogen) atoms. The van der Waals surface area contributed by atoms with E-state index < -0.39 is 0 Å². The third-order valence-electron chi connectivity index (χ3n) is 4.91. The molecule has 0 unspecified atom stereocenters. The second-order valence-electron chi connectivity index (χ2n) is 6.68. The summed E-state index contributed by atoms with van der Waals surface area (Å²) in [5, 5.41) is 11.3. The van der Waals surface area contributed by atoms with Crippen LogP contribution < -0.4 is 9.64 Å². The Morgan fingerprint density at radius 2 is 1.82 bits per heavy atom. The molecule has 0 atom stereocenters. The van der Waals surface area contributed by atoms with Gasteiger partial charge in [-0.25, -0.2) is 4.98 Å². The first kappa shape index (κ1) is 17.8. The molecule has 0 spiro atoms. The molecule has 6 nitrogen and oxygen atoms in total. The summed E-state index contributed by atoms with van der Waals surface area (Å²) >= 11 is 0. The van der Waals surface area contributed by atoms with E-state index in [4.69, 9.17) is 10.00 Å². The van der Waals surface area contributed by atoms with Gasteiger partial charge in [-0.2, -0.15) is 5.26 Å². The van der Waals surface area contributed by atoms with Gasteiger partial charge in [0.05, 0.1) is 11.6 Å². The first-order valence-corrected chi connectivity index (χ1v) is 9.23. The fraction of sp³-hybridized carbons (Fsp3) is 0.227. The van der Waals surface area contributed by atoms with Crippen molar-refractivity contribution >= 4 is 22.5 Å². The van der Waals surface area contributed by atoms with Crippen molar-refractivity contribution in [3.8, 4) is 11.8 Å². The van der Waals surface area contributed by atoms with Crippen molar-refractivity contribution in [2.24, 2.45) is 0 Å².